The van der Waals surface area contributed by atoms with E-state index in [1.165, 1.54) is 0 Å². The van der Waals surface area contributed by atoms with E-state index in [0.717, 1.165) is 12.8 Å². The van der Waals surface area contributed by atoms with Gasteiger partial charge in [-0.05, 0) is 6.42 Å². The molecular formula is C8H20FN. The molecule has 1 unspecified atom stereocenters. The normalized spacial score (nSPS) is 14.1. The fraction of sp³-hybridized carbons (Fsp3) is 1.00. The third kappa shape index (κ3) is 4.74. The van der Waals surface area contributed by atoms with Crippen LogP contribution in [0.2, 0.25) is 0 Å². The molecule has 0 heterocycles. The highest BCUT2D eigenvalue weighted by atomic mass is 19.1. The first-order chi connectivity index (χ1) is 4.70. The molecule has 1 atom stereocenters. The fourth-order valence-electron chi connectivity index (χ4n) is 1.02. The lowest BCUT2D eigenvalue weighted by atomic mass is 10.2. The topological polar surface area (TPSA) is 12.0 Å². The molecule has 64 valence electrons. The Labute approximate surface area is 64.5 Å². The standard InChI is InChI=1S/C8H18FN.H2/c1-4-5-8(6-9)10-7(2)3;/h7-8,10H,4-6H2,1-3H3;1H. The largest absolute Gasteiger partial charge is 0.309 e. The van der Waals surface area contributed by atoms with Crippen molar-refractivity contribution < 1.29 is 5.82 Å². The summed E-state index contributed by atoms with van der Waals surface area (Å²) in [5.41, 5.74) is 0. The van der Waals surface area contributed by atoms with Crippen LogP contribution in [0.5, 0.6) is 0 Å². The second kappa shape index (κ2) is 5.66. The number of hydrogen-bond acceptors (Lipinski definition) is 1. The average molecular weight is 149 g/mol. The number of hydrogen-bond donors (Lipinski definition) is 1. The van der Waals surface area contributed by atoms with Crippen molar-refractivity contribution >= 4 is 0 Å². The van der Waals surface area contributed by atoms with E-state index in [1.807, 2.05) is 13.8 Å². The number of nitrogens with one attached hydrogen (secondary N) is 1. The van der Waals surface area contributed by atoms with Gasteiger partial charge in [-0.15, -0.1) is 0 Å². The Kier molecular flexibility index (Phi) is 5.60. The molecule has 0 aromatic carbocycles. The van der Waals surface area contributed by atoms with Gasteiger partial charge in [-0.2, -0.15) is 0 Å². The second-order valence-corrected chi connectivity index (χ2v) is 2.96. The third-order valence-corrected chi connectivity index (χ3v) is 1.39. The summed E-state index contributed by atoms with van der Waals surface area (Å²) in [5.74, 6) is 0. The van der Waals surface area contributed by atoms with Crippen LogP contribution in [0.1, 0.15) is 35.0 Å². The van der Waals surface area contributed by atoms with Gasteiger partial charge in [0.15, 0.2) is 0 Å². The highest BCUT2D eigenvalue weighted by Crippen LogP contribution is 1.98. The van der Waals surface area contributed by atoms with Crippen LogP contribution >= 0.6 is 0 Å². The molecule has 0 amide bonds. The zero-order valence-electron chi connectivity index (χ0n) is 7.15. The minimum atomic E-state index is -0.244. The van der Waals surface area contributed by atoms with E-state index in [2.05, 4.69) is 12.2 Å². The Balaban J connectivity index is 0. The molecule has 0 rings (SSSR count). The second-order valence-electron chi connectivity index (χ2n) is 2.96. The molecule has 0 aliphatic heterocycles. The highest BCUT2D eigenvalue weighted by molar-refractivity contribution is 4.66. The molecule has 0 fully saturated rings. The van der Waals surface area contributed by atoms with Crippen molar-refractivity contribution in [2.75, 3.05) is 6.67 Å². The van der Waals surface area contributed by atoms with Gasteiger partial charge in [0.1, 0.15) is 6.67 Å². The minimum Gasteiger partial charge on any atom is -0.309 e. The van der Waals surface area contributed by atoms with Gasteiger partial charge in [0.2, 0.25) is 0 Å². The molecule has 0 saturated carbocycles. The summed E-state index contributed by atoms with van der Waals surface area (Å²) in [7, 11) is 0. The van der Waals surface area contributed by atoms with E-state index >= 15 is 0 Å². The molecule has 2 heteroatoms. The molecule has 0 aromatic rings. The van der Waals surface area contributed by atoms with Crippen molar-refractivity contribution in [1.29, 1.82) is 0 Å². The van der Waals surface area contributed by atoms with Crippen molar-refractivity contribution in [3.63, 3.8) is 0 Å². The molecule has 10 heavy (non-hydrogen) atoms. The quantitative estimate of drug-likeness (QED) is 0.632. The summed E-state index contributed by atoms with van der Waals surface area (Å²) < 4.78 is 12.1. The summed E-state index contributed by atoms with van der Waals surface area (Å²) in [6.07, 6.45) is 1.99. The van der Waals surface area contributed by atoms with Crippen LogP contribution in [0.25, 0.3) is 0 Å². The van der Waals surface area contributed by atoms with Crippen molar-refractivity contribution in [1.82, 2.24) is 5.32 Å². The maximum absolute atomic E-state index is 12.1. The maximum atomic E-state index is 12.1. The first kappa shape index (κ1) is 9.89. The van der Waals surface area contributed by atoms with Crippen LogP contribution in [0.4, 0.5) is 4.39 Å². The summed E-state index contributed by atoms with van der Waals surface area (Å²) >= 11 is 0. The molecule has 0 aromatic heterocycles. The monoisotopic (exact) mass is 149 g/mol. The number of rotatable bonds is 5. The van der Waals surface area contributed by atoms with Gasteiger partial charge in [-0.1, -0.05) is 27.2 Å². The third-order valence-electron chi connectivity index (χ3n) is 1.39. The Morgan fingerprint density at radius 2 is 2.10 bits per heavy atom. The van der Waals surface area contributed by atoms with Gasteiger partial charge < -0.3 is 5.32 Å². The van der Waals surface area contributed by atoms with Gasteiger partial charge in [-0.3, -0.25) is 0 Å². The first-order valence-corrected chi connectivity index (χ1v) is 4.02. The maximum Gasteiger partial charge on any atom is 0.105 e. The van der Waals surface area contributed by atoms with E-state index in [1.54, 1.807) is 0 Å². The van der Waals surface area contributed by atoms with Crippen molar-refractivity contribution in [3.8, 4) is 0 Å². The zero-order chi connectivity index (χ0) is 7.98. The Morgan fingerprint density at radius 3 is 2.40 bits per heavy atom. The first-order valence-electron chi connectivity index (χ1n) is 4.02. The lowest BCUT2D eigenvalue weighted by Crippen LogP contribution is -2.36. The van der Waals surface area contributed by atoms with Crippen LogP contribution in [0.15, 0.2) is 0 Å². The molecule has 1 nitrogen and oxygen atoms in total. The molecule has 1 N–H and O–H groups in total. The molecular weight excluding hydrogens is 129 g/mol. The van der Waals surface area contributed by atoms with E-state index in [9.17, 15) is 4.39 Å². The van der Waals surface area contributed by atoms with Crippen LogP contribution in [-0.2, 0) is 0 Å². The summed E-state index contributed by atoms with van der Waals surface area (Å²) in [5, 5.41) is 3.16. The summed E-state index contributed by atoms with van der Waals surface area (Å²) in [6.45, 7) is 5.91. The average Bonchev–Trinajstić information content (AvgIpc) is 1.86. The zero-order valence-corrected chi connectivity index (χ0v) is 7.15. The van der Waals surface area contributed by atoms with E-state index in [0.29, 0.717) is 6.04 Å². The number of alkyl halides is 1. The van der Waals surface area contributed by atoms with Gasteiger partial charge in [0.05, 0.1) is 0 Å². The van der Waals surface area contributed by atoms with Gasteiger partial charge in [0, 0.05) is 13.5 Å². The molecule has 0 radical (unpaired) electrons. The Morgan fingerprint density at radius 1 is 1.50 bits per heavy atom. The Hall–Kier alpha value is -0.110. The van der Waals surface area contributed by atoms with Crippen LogP contribution in [0, 0.1) is 0 Å². The van der Waals surface area contributed by atoms with Gasteiger partial charge >= 0.3 is 0 Å². The molecule has 0 saturated heterocycles. The predicted molar refractivity (Wildman–Crippen MR) is 45.1 cm³/mol. The smallest absolute Gasteiger partial charge is 0.105 e. The van der Waals surface area contributed by atoms with Gasteiger partial charge in [-0.25, -0.2) is 4.39 Å². The van der Waals surface area contributed by atoms with Crippen LogP contribution in [0.3, 0.4) is 0 Å². The summed E-state index contributed by atoms with van der Waals surface area (Å²) in [6, 6.07) is 0.470. The fourth-order valence-corrected chi connectivity index (χ4v) is 1.02. The van der Waals surface area contributed by atoms with E-state index < -0.39 is 0 Å². The Bertz CT molecular complexity index is 78.5. The van der Waals surface area contributed by atoms with Crippen molar-refractivity contribution in [3.05, 3.63) is 0 Å². The SMILES string of the molecule is CCCC(CF)NC(C)C.[HH]. The van der Waals surface area contributed by atoms with Crippen molar-refractivity contribution in [2.45, 2.75) is 45.7 Å². The molecule has 0 aliphatic rings. The molecule has 0 bridgehead atoms. The van der Waals surface area contributed by atoms with Gasteiger partial charge in [0.25, 0.3) is 0 Å². The van der Waals surface area contributed by atoms with Crippen LogP contribution < -0.4 is 5.32 Å². The lowest BCUT2D eigenvalue weighted by Gasteiger charge is -2.16. The summed E-state index contributed by atoms with van der Waals surface area (Å²) in [4.78, 5) is 0. The van der Waals surface area contributed by atoms with E-state index in [-0.39, 0.29) is 14.1 Å². The predicted octanol–water partition coefficient (Wildman–Crippen LogP) is 2.37. The molecule has 0 aliphatic carbocycles. The minimum absolute atomic E-state index is 0. The molecule has 0 spiro atoms. The van der Waals surface area contributed by atoms with Crippen LogP contribution in [-0.4, -0.2) is 18.8 Å². The highest BCUT2D eigenvalue weighted by Gasteiger charge is 2.06. The lowest BCUT2D eigenvalue weighted by molar-refractivity contribution is 0.338. The number of halogens is 1. The van der Waals surface area contributed by atoms with Crippen molar-refractivity contribution in [2.24, 2.45) is 0 Å². The van der Waals surface area contributed by atoms with E-state index in [4.69, 9.17) is 0 Å².